The highest BCUT2D eigenvalue weighted by molar-refractivity contribution is 6.30. The number of H-pyrrole nitrogens is 1. The molecule has 1 heterocycles. The van der Waals surface area contributed by atoms with Crippen molar-refractivity contribution in [2.24, 2.45) is 0 Å². The lowest BCUT2D eigenvalue weighted by Crippen LogP contribution is -2.15. The van der Waals surface area contributed by atoms with Gasteiger partial charge < -0.3 is 5.32 Å². The second-order valence-corrected chi connectivity index (χ2v) is 4.87. The summed E-state index contributed by atoms with van der Waals surface area (Å²) in [7, 11) is 0. The van der Waals surface area contributed by atoms with Crippen LogP contribution in [0.15, 0.2) is 30.5 Å². The van der Waals surface area contributed by atoms with Gasteiger partial charge >= 0.3 is 0 Å². The summed E-state index contributed by atoms with van der Waals surface area (Å²) in [6.07, 6.45) is 4.47. The lowest BCUT2D eigenvalue weighted by Gasteiger charge is -2.04. The van der Waals surface area contributed by atoms with Crippen LogP contribution in [0.2, 0.25) is 5.02 Å². The molecule has 2 N–H and O–H groups in total. The number of aromatic amines is 1. The number of nitrogens with zero attached hydrogens (tertiary/aromatic N) is 1. The van der Waals surface area contributed by atoms with Crippen molar-refractivity contribution in [3.05, 3.63) is 41.0 Å². The minimum Gasteiger partial charge on any atom is -0.310 e. The van der Waals surface area contributed by atoms with Gasteiger partial charge in [0, 0.05) is 28.7 Å². The highest BCUT2D eigenvalue weighted by atomic mass is 35.5. The van der Waals surface area contributed by atoms with E-state index in [1.165, 1.54) is 18.4 Å². The molecule has 17 heavy (non-hydrogen) atoms. The minimum atomic E-state index is 0.706. The van der Waals surface area contributed by atoms with Crippen molar-refractivity contribution in [1.82, 2.24) is 15.5 Å². The van der Waals surface area contributed by atoms with Crippen LogP contribution in [-0.2, 0) is 6.54 Å². The molecule has 88 valence electrons. The second-order valence-electron chi connectivity index (χ2n) is 4.44. The van der Waals surface area contributed by atoms with Gasteiger partial charge in [0.1, 0.15) is 0 Å². The molecular weight excluding hydrogens is 234 g/mol. The van der Waals surface area contributed by atoms with E-state index in [0.717, 1.165) is 22.8 Å². The molecular formula is C13H14ClN3. The van der Waals surface area contributed by atoms with Crippen molar-refractivity contribution in [2.45, 2.75) is 25.4 Å². The van der Waals surface area contributed by atoms with E-state index in [2.05, 4.69) is 15.5 Å². The van der Waals surface area contributed by atoms with Gasteiger partial charge in [-0.1, -0.05) is 23.7 Å². The Kier molecular flexibility index (Phi) is 2.87. The van der Waals surface area contributed by atoms with Gasteiger partial charge in [-0.25, -0.2) is 0 Å². The van der Waals surface area contributed by atoms with Gasteiger partial charge in [0.15, 0.2) is 0 Å². The quantitative estimate of drug-likeness (QED) is 0.872. The average Bonchev–Trinajstić information content (AvgIpc) is 3.04. The molecule has 1 aliphatic rings. The Morgan fingerprint density at radius 3 is 3.06 bits per heavy atom. The molecule has 0 radical (unpaired) electrons. The minimum absolute atomic E-state index is 0.706. The van der Waals surface area contributed by atoms with Crippen LogP contribution >= 0.6 is 11.6 Å². The van der Waals surface area contributed by atoms with E-state index in [9.17, 15) is 0 Å². The summed E-state index contributed by atoms with van der Waals surface area (Å²) in [5.41, 5.74) is 3.34. The summed E-state index contributed by atoms with van der Waals surface area (Å²) >= 11 is 6.00. The van der Waals surface area contributed by atoms with Gasteiger partial charge in [-0.2, -0.15) is 5.10 Å². The molecule has 1 fully saturated rings. The van der Waals surface area contributed by atoms with Crippen molar-refractivity contribution in [2.75, 3.05) is 0 Å². The van der Waals surface area contributed by atoms with Gasteiger partial charge in [-0.15, -0.1) is 0 Å². The normalized spacial score (nSPS) is 15.1. The van der Waals surface area contributed by atoms with Crippen LogP contribution in [0.3, 0.4) is 0 Å². The van der Waals surface area contributed by atoms with Crippen LogP contribution < -0.4 is 5.32 Å². The second kappa shape index (κ2) is 4.51. The lowest BCUT2D eigenvalue weighted by atomic mass is 10.1. The number of nitrogens with one attached hydrogen (secondary N) is 2. The molecule has 1 aliphatic carbocycles. The number of halogens is 1. The average molecular weight is 248 g/mol. The van der Waals surface area contributed by atoms with Crippen molar-refractivity contribution in [3.63, 3.8) is 0 Å². The maximum Gasteiger partial charge on any atom is 0.0695 e. The molecule has 2 aromatic rings. The van der Waals surface area contributed by atoms with E-state index in [0.29, 0.717) is 6.04 Å². The van der Waals surface area contributed by atoms with Gasteiger partial charge in [0.25, 0.3) is 0 Å². The predicted octanol–water partition coefficient (Wildman–Crippen LogP) is 2.98. The Morgan fingerprint density at radius 2 is 2.29 bits per heavy atom. The molecule has 3 nitrogen and oxygen atoms in total. The fourth-order valence-electron chi connectivity index (χ4n) is 1.88. The first-order valence-corrected chi connectivity index (χ1v) is 6.22. The first kappa shape index (κ1) is 10.8. The van der Waals surface area contributed by atoms with Crippen LogP contribution in [0.4, 0.5) is 0 Å². The maximum atomic E-state index is 6.00. The third-order valence-corrected chi connectivity index (χ3v) is 3.22. The molecule has 1 aromatic heterocycles. The molecule has 1 aromatic carbocycles. The van der Waals surface area contributed by atoms with Gasteiger partial charge in [-0.05, 0) is 25.0 Å². The first-order valence-electron chi connectivity index (χ1n) is 5.84. The van der Waals surface area contributed by atoms with E-state index in [1.54, 1.807) is 0 Å². The molecule has 0 saturated heterocycles. The molecule has 0 atom stereocenters. The summed E-state index contributed by atoms with van der Waals surface area (Å²) in [4.78, 5) is 0. The summed E-state index contributed by atoms with van der Waals surface area (Å²) < 4.78 is 0. The third-order valence-electron chi connectivity index (χ3n) is 2.99. The molecule has 0 unspecified atom stereocenters. The van der Waals surface area contributed by atoms with Crippen molar-refractivity contribution < 1.29 is 0 Å². The fraction of sp³-hybridized carbons (Fsp3) is 0.308. The van der Waals surface area contributed by atoms with Crippen molar-refractivity contribution in [3.8, 4) is 11.3 Å². The molecule has 3 rings (SSSR count). The number of hydrogen-bond donors (Lipinski definition) is 2. The van der Waals surface area contributed by atoms with Crippen LogP contribution in [0.25, 0.3) is 11.3 Å². The first-order chi connectivity index (χ1) is 8.33. The van der Waals surface area contributed by atoms with Gasteiger partial charge in [-0.3, -0.25) is 5.10 Å². The molecule has 0 aliphatic heterocycles. The summed E-state index contributed by atoms with van der Waals surface area (Å²) in [5.74, 6) is 0. The van der Waals surface area contributed by atoms with Gasteiger partial charge in [0.05, 0.1) is 11.9 Å². The number of hydrogen-bond acceptors (Lipinski definition) is 2. The van der Waals surface area contributed by atoms with E-state index in [4.69, 9.17) is 11.6 Å². The molecule has 4 heteroatoms. The van der Waals surface area contributed by atoms with Crippen molar-refractivity contribution >= 4 is 11.6 Å². The summed E-state index contributed by atoms with van der Waals surface area (Å²) in [5, 5.41) is 11.4. The molecule has 1 saturated carbocycles. The topological polar surface area (TPSA) is 40.7 Å². The fourth-order valence-corrected chi connectivity index (χ4v) is 2.07. The van der Waals surface area contributed by atoms with Crippen LogP contribution in [-0.4, -0.2) is 16.2 Å². The number of aromatic nitrogens is 2. The Morgan fingerprint density at radius 1 is 1.41 bits per heavy atom. The Bertz CT molecular complexity index is 517. The molecule has 0 amide bonds. The standard InChI is InChI=1S/C13H14ClN3/c14-11-3-1-2-9(6-11)13-10(8-16-17-13)7-15-12-4-5-12/h1-3,6,8,12,15H,4-5,7H2,(H,16,17). The van der Waals surface area contributed by atoms with E-state index in [1.807, 2.05) is 30.5 Å². The highest BCUT2D eigenvalue weighted by Gasteiger charge is 2.20. The smallest absolute Gasteiger partial charge is 0.0695 e. The highest BCUT2D eigenvalue weighted by Crippen LogP contribution is 2.25. The molecule has 0 bridgehead atoms. The zero-order chi connectivity index (χ0) is 11.7. The summed E-state index contributed by atoms with van der Waals surface area (Å²) in [6.45, 7) is 0.864. The van der Waals surface area contributed by atoms with Crippen LogP contribution in [0.5, 0.6) is 0 Å². The molecule has 0 spiro atoms. The lowest BCUT2D eigenvalue weighted by molar-refractivity contribution is 0.689. The number of benzene rings is 1. The Balaban J connectivity index is 1.83. The monoisotopic (exact) mass is 247 g/mol. The van der Waals surface area contributed by atoms with E-state index in [-0.39, 0.29) is 0 Å². The third kappa shape index (κ3) is 2.51. The van der Waals surface area contributed by atoms with Crippen LogP contribution in [0.1, 0.15) is 18.4 Å². The van der Waals surface area contributed by atoms with Crippen molar-refractivity contribution in [1.29, 1.82) is 0 Å². The predicted molar refractivity (Wildman–Crippen MR) is 68.9 cm³/mol. The SMILES string of the molecule is Clc1cccc(-c2[nH]ncc2CNC2CC2)c1. The Hall–Kier alpha value is -1.32. The Labute approximate surface area is 105 Å². The zero-order valence-electron chi connectivity index (χ0n) is 9.41. The van der Waals surface area contributed by atoms with Crippen LogP contribution in [0, 0.1) is 0 Å². The van der Waals surface area contributed by atoms with Gasteiger partial charge in [0.2, 0.25) is 0 Å². The van der Waals surface area contributed by atoms with E-state index < -0.39 is 0 Å². The maximum absolute atomic E-state index is 6.00. The summed E-state index contributed by atoms with van der Waals surface area (Å²) in [6, 6.07) is 8.53. The largest absolute Gasteiger partial charge is 0.310 e. The zero-order valence-corrected chi connectivity index (χ0v) is 10.2. The number of rotatable bonds is 4. The van der Waals surface area contributed by atoms with E-state index >= 15 is 0 Å².